The molecule has 0 spiro atoms. The number of para-hydroxylation sites is 2. The highest BCUT2D eigenvalue weighted by atomic mass is 35.5. The number of rotatable bonds is 8. The van der Waals surface area contributed by atoms with Gasteiger partial charge in [0.25, 0.3) is 0 Å². The van der Waals surface area contributed by atoms with E-state index in [-0.39, 0.29) is 12.5 Å². The lowest BCUT2D eigenvalue weighted by atomic mass is 10.1. The molecule has 6 nitrogen and oxygen atoms in total. The number of anilines is 1. The van der Waals surface area contributed by atoms with E-state index in [9.17, 15) is 4.79 Å². The van der Waals surface area contributed by atoms with Gasteiger partial charge in [-0.15, -0.1) is 16.7 Å². The Labute approximate surface area is 176 Å². The number of benzene rings is 2. The zero-order valence-corrected chi connectivity index (χ0v) is 17.6. The summed E-state index contributed by atoms with van der Waals surface area (Å²) in [6.07, 6.45) is 1.34. The van der Waals surface area contributed by atoms with Crippen LogP contribution in [0.3, 0.4) is 0 Å². The molecule has 1 unspecified atom stereocenters. The summed E-state index contributed by atoms with van der Waals surface area (Å²) in [5, 5.41) is 7.83. The van der Waals surface area contributed by atoms with Gasteiger partial charge in [0.2, 0.25) is 5.91 Å². The molecule has 1 amide bonds. The third-order valence-electron chi connectivity index (χ3n) is 4.75. The van der Waals surface area contributed by atoms with E-state index in [2.05, 4.69) is 17.1 Å². The molecule has 0 fully saturated rings. The predicted octanol–water partition coefficient (Wildman–Crippen LogP) is 4.39. The summed E-state index contributed by atoms with van der Waals surface area (Å²) in [7, 11) is 1.55. The minimum atomic E-state index is -0.616. The summed E-state index contributed by atoms with van der Waals surface area (Å²) < 4.78 is 7.21. The lowest BCUT2D eigenvalue weighted by Crippen LogP contribution is -2.37. The number of carbonyl (C=O) groups is 1. The van der Waals surface area contributed by atoms with Gasteiger partial charge < -0.3 is 9.64 Å². The Balaban J connectivity index is 2.08. The molecule has 3 rings (SSSR count). The number of hydrogen-bond acceptors (Lipinski definition) is 4. The minimum Gasteiger partial charge on any atom is -0.467 e. The van der Waals surface area contributed by atoms with Crippen molar-refractivity contribution in [3.8, 4) is 11.7 Å². The number of alkyl halides is 1. The molecule has 0 N–H and O–H groups in total. The van der Waals surface area contributed by atoms with Gasteiger partial charge in [0.05, 0.1) is 19.3 Å². The maximum absolute atomic E-state index is 13.2. The number of aryl methyl sites for hydroxylation is 1. The first-order valence-corrected chi connectivity index (χ1v) is 10.1. The van der Waals surface area contributed by atoms with Crippen LogP contribution in [0.25, 0.3) is 5.69 Å². The molecule has 2 aromatic carbocycles. The van der Waals surface area contributed by atoms with E-state index < -0.39 is 5.38 Å². The van der Waals surface area contributed by atoms with Gasteiger partial charge in [-0.3, -0.25) is 4.79 Å². The normalized spacial score (nSPS) is 11.9. The van der Waals surface area contributed by atoms with Gasteiger partial charge in [0.15, 0.2) is 5.82 Å². The summed E-state index contributed by atoms with van der Waals surface area (Å²) in [6, 6.07) is 17.9. The van der Waals surface area contributed by atoms with Crippen molar-refractivity contribution in [2.75, 3.05) is 12.0 Å². The Kier molecular flexibility index (Phi) is 6.88. The van der Waals surface area contributed by atoms with Crippen LogP contribution in [0.15, 0.2) is 54.6 Å². The van der Waals surface area contributed by atoms with Crippen LogP contribution in [0.4, 0.5) is 5.69 Å². The number of nitrogens with zero attached hydrogens (tertiary/aromatic N) is 4. The molecule has 1 atom stereocenters. The van der Waals surface area contributed by atoms with E-state index >= 15 is 0 Å². The van der Waals surface area contributed by atoms with Gasteiger partial charge in [0, 0.05) is 5.69 Å². The fraction of sp³-hybridized carbons (Fsp3) is 0.318. The average molecular weight is 413 g/mol. The van der Waals surface area contributed by atoms with Crippen molar-refractivity contribution >= 4 is 23.2 Å². The van der Waals surface area contributed by atoms with Gasteiger partial charge in [-0.05, 0) is 36.6 Å². The first-order valence-electron chi connectivity index (χ1n) is 9.67. The number of halogens is 1. The molecule has 3 aromatic rings. The zero-order chi connectivity index (χ0) is 20.8. The summed E-state index contributed by atoms with van der Waals surface area (Å²) in [5.74, 6) is 0.434. The van der Waals surface area contributed by atoms with Crippen LogP contribution in [0.5, 0.6) is 6.01 Å². The van der Waals surface area contributed by atoms with Crippen LogP contribution in [0, 0.1) is 0 Å². The Morgan fingerprint density at radius 1 is 1.10 bits per heavy atom. The maximum atomic E-state index is 13.2. The molecule has 0 saturated heterocycles. The van der Waals surface area contributed by atoms with Crippen LogP contribution in [-0.4, -0.2) is 33.2 Å². The second-order valence-electron chi connectivity index (χ2n) is 6.56. The molecule has 0 bridgehead atoms. The van der Waals surface area contributed by atoms with E-state index in [1.807, 2.05) is 66.1 Å². The summed E-state index contributed by atoms with van der Waals surface area (Å²) >= 11 is 6.35. The molecule has 0 radical (unpaired) electrons. The number of carbonyl (C=O) groups excluding carboxylic acids is 1. The second kappa shape index (κ2) is 9.56. The number of methoxy groups -OCH3 is 1. The van der Waals surface area contributed by atoms with Crippen molar-refractivity contribution in [3.05, 3.63) is 66.0 Å². The SMILES string of the molecule is CCc1ccccc1N(Cc1nnc(OC)n1-c1ccccc1)C(=O)C(Cl)CC. The highest BCUT2D eigenvalue weighted by molar-refractivity contribution is 6.32. The molecule has 29 heavy (non-hydrogen) atoms. The van der Waals surface area contributed by atoms with Gasteiger partial charge in [0.1, 0.15) is 5.38 Å². The quantitative estimate of drug-likeness (QED) is 0.515. The topological polar surface area (TPSA) is 60.2 Å². The van der Waals surface area contributed by atoms with E-state index in [0.717, 1.165) is 23.4 Å². The molecular weight excluding hydrogens is 388 g/mol. The largest absolute Gasteiger partial charge is 0.467 e. The van der Waals surface area contributed by atoms with Gasteiger partial charge >= 0.3 is 6.01 Å². The van der Waals surface area contributed by atoms with Crippen LogP contribution in [0.1, 0.15) is 31.7 Å². The van der Waals surface area contributed by atoms with Crippen LogP contribution >= 0.6 is 11.6 Å². The van der Waals surface area contributed by atoms with Gasteiger partial charge in [-0.2, -0.15) is 0 Å². The summed E-state index contributed by atoms with van der Waals surface area (Å²) in [4.78, 5) is 14.9. The standard InChI is InChI=1S/C22H25ClN4O2/c1-4-16-11-9-10-14-19(16)26(21(28)18(23)5-2)15-20-24-25-22(29-3)27(20)17-12-7-6-8-13-17/h6-14,18H,4-5,15H2,1-3H3. The first-order chi connectivity index (χ1) is 14.1. The van der Waals surface area contributed by atoms with Crippen molar-refractivity contribution in [1.29, 1.82) is 0 Å². The third-order valence-corrected chi connectivity index (χ3v) is 5.25. The van der Waals surface area contributed by atoms with Crippen LogP contribution in [0.2, 0.25) is 0 Å². The van der Waals surface area contributed by atoms with Crippen molar-refractivity contribution in [1.82, 2.24) is 14.8 Å². The fourth-order valence-corrected chi connectivity index (χ4v) is 3.33. The molecule has 0 aliphatic rings. The number of hydrogen-bond donors (Lipinski definition) is 0. The van der Waals surface area contributed by atoms with E-state index in [1.165, 1.54) is 0 Å². The molecule has 0 saturated carbocycles. The average Bonchev–Trinajstić information content (AvgIpc) is 3.19. The lowest BCUT2D eigenvalue weighted by molar-refractivity contribution is -0.118. The fourth-order valence-electron chi connectivity index (χ4n) is 3.21. The number of ether oxygens (including phenoxy) is 1. The predicted molar refractivity (Wildman–Crippen MR) is 115 cm³/mol. The Bertz CT molecular complexity index is 958. The second-order valence-corrected chi connectivity index (χ2v) is 7.08. The van der Waals surface area contributed by atoms with E-state index in [1.54, 1.807) is 12.0 Å². The van der Waals surface area contributed by atoms with E-state index in [0.29, 0.717) is 18.3 Å². The number of aromatic nitrogens is 3. The zero-order valence-electron chi connectivity index (χ0n) is 16.9. The molecule has 152 valence electrons. The molecule has 0 aliphatic carbocycles. The molecule has 1 aromatic heterocycles. The Morgan fingerprint density at radius 2 is 1.79 bits per heavy atom. The molecule has 1 heterocycles. The third kappa shape index (κ3) is 4.43. The van der Waals surface area contributed by atoms with Crippen LogP contribution in [-0.2, 0) is 17.8 Å². The van der Waals surface area contributed by atoms with Gasteiger partial charge in [-0.25, -0.2) is 4.57 Å². The van der Waals surface area contributed by atoms with Crippen molar-refractivity contribution in [3.63, 3.8) is 0 Å². The molecule has 0 aliphatic heterocycles. The lowest BCUT2D eigenvalue weighted by Gasteiger charge is -2.26. The maximum Gasteiger partial charge on any atom is 0.321 e. The number of amides is 1. The molecular formula is C22H25ClN4O2. The molecule has 7 heteroatoms. The highest BCUT2D eigenvalue weighted by Gasteiger charge is 2.27. The summed E-state index contributed by atoms with van der Waals surface area (Å²) in [6.45, 7) is 4.19. The van der Waals surface area contributed by atoms with Gasteiger partial charge in [-0.1, -0.05) is 55.3 Å². The van der Waals surface area contributed by atoms with Crippen molar-refractivity contribution in [2.24, 2.45) is 0 Å². The monoisotopic (exact) mass is 412 g/mol. The Hall–Kier alpha value is -2.86. The van der Waals surface area contributed by atoms with Crippen molar-refractivity contribution in [2.45, 2.75) is 38.6 Å². The highest BCUT2D eigenvalue weighted by Crippen LogP contribution is 2.27. The minimum absolute atomic E-state index is 0.156. The Morgan fingerprint density at radius 3 is 2.45 bits per heavy atom. The van der Waals surface area contributed by atoms with E-state index in [4.69, 9.17) is 16.3 Å². The summed E-state index contributed by atoms with van der Waals surface area (Å²) in [5.41, 5.74) is 2.76. The first kappa shape index (κ1) is 20.9. The van der Waals surface area contributed by atoms with Crippen molar-refractivity contribution < 1.29 is 9.53 Å². The van der Waals surface area contributed by atoms with Crippen LogP contribution < -0.4 is 9.64 Å². The smallest absolute Gasteiger partial charge is 0.321 e.